The van der Waals surface area contributed by atoms with Crippen molar-refractivity contribution >= 4 is 21.6 Å². The normalized spacial score (nSPS) is 20.1. The van der Waals surface area contributed by atoms with Gasteiger partial charge in [-0.25, -0.2) is 4.98 Å². The SMILES string of the molecule is CC[C@@H](CO)n1cnc2sc3c(c2c1=O)CC[C@H](C)C3. The van der Waals surface area contributed by atoms with Crippen LogP contribution in [-0.2, 0) is 12.8 Å². The predicted molar refractivity (Wildman–Crippen MR) is 81.5 cm³/mol. The third-order valence-corrected chi connectivity index (χ3v) is 5.48. The van der Waals surface area contributed by atoms with Gasteiger partial charge in [-0.3, -0.25) is 9.36 Å². The third kappa shape index (κ3) is 2.09. The molecule has 1 aliphatic rings. The lowest BCUT2D eigenvalue weighted by molar-refractivity contribution is 0.221. The topological polar surface area (TPSA) is 55.1 Å². The van der Waals surface area contributed by atoms with Gasteiger partial charge in [0.1, 0.15) is 4.83 Å². The van der Waals surface area contributed by atoms with E-state index in [9.17, 15) is 9.90 Å². The molecule has 0 aliphatic heterocycles. The smallest absolute Gasteiger partial charge is 0.262 e. The zero-order chi connectivity index (χ0) is 14.3. The Morgan fingerprint density at radius 1 is 1.60 bits per heavy atom. The first-order chi connectivity index (χ1) is 9.65. The Morgan fingerprint density at radius 2 is 2.40 bits per heavy atom. The maximum absolute atomic E-state index is 12.7. The molecule has 1 aliphatic carbocycles. The van der Waals surface area contributed by atoms with Crippen molar-refractivity contribution in [3.8, 4) is 0 Å². The molecule has 5 heteroatoms. The van der Waals surface area contributed by atoms with Crippen molar-refractivity contribution in [2.24, 2.45) is 5.92 Å². The van der Waals surface area contributed by atoms with Crippen molar-refractivity contribution in [2.75, 3.05) is 6.61 Å². The Hall–Kier alpha value is -1.20. The summed E-state index contributed by atoms with van der Waals surface area (Å²) < 4.78 is 1.60. The first-order valence-corrected chi connectivity index (χ1v) is 8.09. The molecule has 0 bridgehead atoms. The van der Waals surface area contributed by atoms with Gasteiger partial charge >= 0.3 is 0 Å². The van der Waals surface area contributed by atoms with Crippen LogP contribution >= 0.6 is 11.3 Å². The highest BCUT2D eigenvalue weighted by atomic mass is 32.1. The van der Waals surface area contributed by atoms with Crippen molar-refractivity contribution in [3.05, 3.63) is 27.1 Å². The molecule has 0 fully saturated rings. The first kappa shape index (κ1) is 13.8. The Kier molecular flexibility index (Phi) is 3.65. The van der Waals surface area contributed by atoms with Gasteiger partial charge < -0.3 is 5.11 Å². The lowest BCUT2D eigenvalue weighted by atomic mass is 9.89. The fourth-order valence-electron chi connectivity index (χ4n) is 3.02. The van der Waals surface area contributed by atoms with E-state index in [1.165, 1.54) is 10.4 Å². The molecule has 2 aromatic rings. The average Bonchev–Trinajstić information content (AvgIpc) is 2.80. The lowest BCUT2D eigenvalue weighted by Crippen LogP contribution is -2.27. The van der Waals surface area contributed by atoms with Gasteiger partial charge in [-0.05, 0) is 37.2 Å². The third-order valence-electron chi connectivity index (χ3n) is 4.32. The molecule has 2 atom stereocenters. The van der Waals surface area contributed by atoms with E-state index in [2.05, 4.69) is 11.9 Å². The Morgan fingerprint density at radius 3 is 3.10 bits per heavy atom. The number of nitrogens with zero attached hydrogens (tertiary/aromatic N) is 2. The van der Waals surface area contributed by atoms with Crippen LogP contribution in [-0.4, -0.2) is 21.3 Å². The maximum Gasteiger partial charge on any atom is 0.262 e. The minimum atomic E-state index is -0.169. The highest BCUT2D eigenvalue weighted by molar-refractivity contribution is 7.18. The summed E-state index contributed by atoms with van der Waals surface area (Å²) >= 11 is 1.67. The molecule has 3 rings (SSSR count). The van der Waals surface area contributed by atoms with Gasteiger partial charge in [0, 0.05) is 4.88 Å². The van der Waals surface area contributed by atoms with Gasteiger partial charge in [-0.2, -0.15) is 0 Å². The maximum atomic E-state index is 12.7. The van der Waals surface area contributed by atoms with Crippen LogP contribution in [0.4, 0.5) is 0 Å². The summed E-state index contributed by atoms with van der Waals surface area (Å²) in [6.45, 7) is 4.22. The monoisotopic (exact) mass is 292 g/mol. The number of aromatic nitrogens is 2. The molecule has 0 saturated heterocycles. The van der Waals surface area contributed by atoms with E-state index in [1.54, 1.807) is 22.2 Å². The molecule has 0 amide bonds. The molecule has 0 saturated carbocycles. The second kappa shape index (κ2) is 5.30. The Balaban J connectivity index is 2.20. The van der Waals surface area contributed by atoms with Crippen molar-refractivity contribution < 1.29 is 5.11 Å². The summed E-state index contributed by atoms with van der Waals surface area (Å²) in [5.74, 6) is 0.693. The number of hydrogen-bond donors (Lipinski definition) is 1. The quantitative estimate of drug-likeness (QED) is 0.945. The summed E-state index contributed by atoms with van der Waals surface area (Å²) in [6, 6.07) is -0.169. The molecule has 0 aromatic carbocycles. The average molecular weight is 292 g/mol. The predicted octanol–water partition coefficient (Wildman–Crippen LogP) is 2.53. The molecular formula is C15H20N2O2S. The van der Waals surface area contributed by atoms with Gasteiger partial charge in [0.2, 0.25) is 0 Å². The molecule has 4 nitrogen and oxygen atoms in total. The van der Waals surface area contributed by atoms with E-state index in [0.29, 0.717) is 5.92 Å². The highest BCUT2D eigenvalue weighted by Crippen LogP contribution is 2.35. The van der Waals surface area contributed by atoms with Crippen molar-refractivity contribution in [1.82, 2.24) is 9.55 Å². The number of aliphatic hydroxyl groups excluding tert-OH is 1. The standard InChI is InChI=1S/C15H20N2O2S/c1-3-10(7-18)17-8-16-14-13(15(17)19)11-5-4-9(2)6-12(11)20-14/h8-10,18H,3-7H2,1-2H3/t9-,10-/m0/s1. The lowest BCUT2D eigenvalue weighted by Gasteiger charge is -2.18. The zero-order valence-corrected chi connectivity index (χ0v) is 12.7. The van der Waals surface area contributed by atoms with Crippen LogP contribution in [0.15, 0.2) is 11.1 Å². The van der Waals surface area contributed by atoms with E-state index in [4.69, 9.17) is 0 Å². The summed E-state index contributed by atoms with van der Waals surface area (Å²) in [5, 5.41) is 10.2. The van der Waals surface area contributed by atoms with Gasteiger partial charge in [0.25, 0.3) is 5.56 Å². The molecule has 108 valence electrons. The molecule has 20 heavy (non-hydrogen) atoms. The fraction of sp³-hybridized carbons (Fsp3) is 0.600. The Bertz CT molecular complexity index is 685. The number of thiophene rings is 1. The van der Waals surface area contributed by atoms with Crippen molar-refractivity contribution in [2.45, 2.75) is 45.6 Å². The molecule has 2 heterocycles. The van der Waals surface area contributed by atoms with Crippen LogP contribution in [0.1, 0.15) is 43.2 Å². The number of rotatable bonds is 3. The molecular weight excluding hydrogens is 272 g/mol. The number of hydrogen-bond acceptors (Lipinski definition) is 4. The summed E-state index contributed by atoms with van der Waals surface area (Å²) in [5.41, 5.74) is 1.23. The molecule has 1 N–H and O–H groups in total. The van der Waals surface area contributed by atoms with Crippen LogP contribution in [0.5, 0.6) is 0 Å². The number of aliphatic hydroxyl groups is 1. The van der Waals surface area contributed by atoms with Gasteiger partial charge in [-0.1, -0.05) is 13.8 Å². The van der Waals surface area contributed by atoms with E-state index in [-0.39, 0.29) is 18.2 Å². The second-order valence-corrected chi connectivity index (χ2v) is 6.82. The van der Waals surface area contributed by atoms with E-state index in [0.717, 1.165) is 35.9 Å². The minimum absolute atomic E-state index is 0.0166. The van der Waals surface area contributed by atoms with Gasteiger partial charge in [-0.15, -0.1) is 11.3 Å². The summed E-state index contributed by atoms with van der Waals surface area (Å²) in [4.78, 5) is 19.4. The summed E-state index contributed by atoms with van der Waals surface area (Å²) in [7, 11) is 0. The number of aryl methyl sites for hydroxylation is 1. The fourth-order valence-corrected chi connectivity index (χ4v) is 4.36. The van der Waals surface area contributed by atoms with Crippen LogP contribution in [0.2, 0.25) is 0 Å². The van der Waals surface area contributed by atoms with Crippen LogP contribution < -0.4 is 5.56 Å². The van der Waals surface area contributed by atoms with Crippen molar-refractivity contribution in [1.29, 1.82) is 0 Å². The molecule has 0 spiro atoms. The van der Waals surface area contributed by atoms with E-state index < -0.39 is 0 Å². The highest BCUT2D eigenvalue weighted by Gasteiger charge is 2.24. The van der Waals surface area contributed by atoms with E-state index in [1.807, 2.05) is 6.92 Å². The van der Waals surface area contributed by atoms with E-state index >= 15 is 0 Å². The largest absolute Gasteiger partial charge is 0.394 e. The first-order valence-electron chi connectivity index (χ1n) is 7.27. The van der Waals surface area contributed by atoms with Gasteiger partial charge in [0.15, 0.2) is 0 Å². The number of fused-ring (bicyclic) bond motifs is 3. The van der Waals surface area contributed by atoms with Gasteiger partial charge in [0.05, 0.1) is 24.4 Å². The zero-order valence-electron chi connectivity index (χ0n) is 11.9. The van der Waals surface area contributed by atoms with Crippen LogP contribution in [0.25, 0.3) is 10.2 Å². The molecule has 2 aromatic heterocycles. The Labute approximate surface area is 122 Å². The van der Waals surface area contributed by atoms with Crippen LogP contribution in [0.3, 0.4) is 0 Å². The molecule has 0 unspecified atom stereocenters. The molecule has 0 radical (unpaired) electrons. The van der Waals surface area contributed by atoms with Crippen LogP contribution in [0, 0.1) is 5.92 Å². The summed E-state index contributed by atoms with van der Waals surface area (Å²) in [6.07, 6.45) is 5.51. The second-order valence-electron chi connectivity index (χ2n) is 5.73. The minimum Gasteiger partial charge on any atom is -0.394 e. The van der Waals surface area contributed by atoms with Crippen molar-refractivity contribution in [3.63, 3.8) is 0 Å².